The maximum atomic E-state index is 14.1. The Hall–Kier alpha value is -3.95. The number of benzene rings is 2. The summed E-state index contributed by atoms with van der Waals surface area (Å²) in [6.07, 6.45) is 1.35. The van der Waals surface area contributed by atoms with Gasteiger partial charge in [-0.3, -0.25) is 9.59 Å². The summed E-state index contributed by atoms with van der Waals surface area (Å²) >= 11 is 0. The first-order chi connectivity index (χ1) is 16.4. The van der Waals surface area contributed by atoms with Crippen LogP contribution in [-0.4, -0.2) is 48.9 Å². The number of aromatic nitrogens is 5. The molecule has 34 heavy (non-hydrogen) atoms. The zero-order valence-electron chi connectivity index (χ0n) is 18.5. The molecule has 4 aromatic rings. The van der Waals surface area contributed by atoms with Gasteiger partial charge in [-0.25, -0.2) is 18.4 Å². The first-order valence-corrected chi connectivity index (χ1v) is 11.0. The Labute approximate surface area is 193 Å². The highest BCUT2D eigenvalue weighted by Gasteiger charge is 2.29. The van der Waals surface area contributed by atoms with Gasteiger partial charge in [0.2, 0.25) is 0 Å². The minimum atomic E-state index is -0.897. The molecule has 1 N–H and O–H groups in total. The maximum absolute atomic E-state index is 14.1. The molecule has 8 nitrogen and oxygen atoms in total. The number of rotatable bonds is 4. The fourth-order valence-corrected chi connectivity index (χ4v) is 4.27. The van der Waals surface area contributed by atoms with Crippen LogP contribution in [0.5, 0.6) is 0 Å². The van der Waals surface area contributed by atoms with Crippen LogP contribution in [0.25, 0.3) is 11.2 Å². The van der Waals surface area contributed by atoms with E-state index in [9.17, 15) is 18.4 Å². The molecule has 10 heteroatoms. The molecule has 174 valence electrons. The Bertz CT molecular complexity index is 1430. The summed E-state index contributed by atoms with van der Waals surface area (Å²) in [6, 6.07) is 10.9. The molecule has 0 radical (unpaired) electrons. The van der Waals surface area contributed by atoms with E-state index in [2.05, 4.69) is 20.3 Å². The Balaban J connectivity index is 1.42. The summed E-state index contributed by atoms with van der Waals surface area (Å²) in [5.74, 6) is -1.97. The van der Waals surface area contributed by atoms with E-state index in [0.717, 1.165) is 23.3 Å². The topological polar surface area (TPSA) is 96.8 Å². The number of hydrogen-bond acceptors (Lipinski definition) is 5. The van der Waals surface area contributed by atoms with Gasteiger partial charge in [0.05, 0.1) is 12.1 Å². The Morgan fingerprint density at radius 1 is 1.18 bits per heavy atom. The van der Waals surface area contributed by atoms with Crippen molar-refractivity contribution in [2.75, 3.05) is 13.1 Å². The van der Waals surface area contributed by atoms with E-state index in [-0.39, 0.29) is 23.5 Å². The van der Waals surface area contributed by atoms with Crippen LogP contribution in [0.15, 0.2) is 47.3 Å². The van der Waals surface area contributed by atoms with Gasteiger partial charge in [-0.15, -0.1) is 5.10 Å². The lowest BCUT2D eigenvalue weighted by atomic mass is 9.96. The zero-order chi connectivity index (χ0) is 23.8. The van der Waals surface area contributed by atoms with Gasteiger partial charge in [-0.1, -0.05) is 35.0 Å². The van der Waals surface area contributed by atoms with Crippen LogP contribution >= 0.6 is 0 Å². The fraction of sp³-hybridized carbons (Fsp3) is 0.292. The molecule has 0 spiro atoms. The van der Waals surface area contributed by atoms with Crippen molar-refractivity contribution in [2.24, 2.45) is 0 Å². The maximum Gasteiger partial charge on any atom is 0.281 e. The van der Waals surface area contributed by atoms with Crippen molar-refractivity contribution in [2.45, 2.75) is 32.2 Å². The van der Waals surface area contributed by atoms with E-state index in [4.69, 9.17) is 0 Å². The van der Waals surface area contributed by atoms with Gasteiger partial charge >= 0.3 is 0 Å². The summed E-state index contributed by atoms with van der Waals surface area (Å²) in [5.41, 5.74) is 2.07. The van der Waals surface area contributed by atoms with E-state index in [1.165, 1.54) is 4.90 Å². The summed E-state index contributed by atoms with van der Waals surface area (Å²) in [5, 5.41) is 8.09. The molecule has 5 rings (SSSR count). The van der Waals surface area contributed by atoms with E-state index in [1.54, 1.807) is 4.68 Å². The Kier molecular flexibility index (Phi) is 5.64. The second-order valence-corrected chi connectivity index (χ2v) is 8.57. The minimum absolute atomic E-state index is 0.146. The van der Waals surface area contributed by atoms with E-state index in [1.807, 2.05) is 31.2 Å². The summed E-state index contributed by atoms with van der Waals surface area (Å²) in [6.45, 7) is 3.10. The van der Waals surface area contributed by atoms with E-state index >= 15 is 0 Å². The molecule has 0 saturated carbocycles. The third-order valence-corrected chi connectivity index (χ3v) is 6.10. The van der Waals surface area contributed by atoms with Gasteiger partial charge in [0, 0.05) is 25.1 Å². The van der Waals surface area contributed by atoms with Crippen molar-refractivity contribution < 1.29 is 13.6 Å². The molecular weight excluding hydrogens is 442 g/mol. The van der Waals surface area contributed by atoms with Crippen LogP contribution in [0.4, 0.5) is 8.78 Å². The number of aromatic amines is 1. The second kappa shape index (κ2) is 8.77. The van der Waals surface area contributed by atoms with Gasteiger partial charge in [0.1, 0.15) is 17.5 Å². The lowest BCUT2D eigenvalue weighted by molar-refractivity contribution is 0.0699. The van der Waals surface area contributed by atoms with Crippen LogP contribution in [-0.2, 0) is 6.54 Å². The smallest absolute Gasteiger partial charge is 0.281 e. The number of nitrogens with one attached hydrogen (secondary N) is 1. The molecular formula is C24H22F2N6O2. The first kappa shape index (κ1) is 21.9. The molecule has 2 aromatic heterocycles. The number of aryl methyl sites for hydroxylation is 1. The molecule has 1 unspecified atom stereocenters. The van der Waals surface area contributed by atoms with Crippen LogP contribution in [0, 0.1) is 18.6 Å². The monoisotopic (exact) mass is 464 g/mol. The number of likely N-dealkylation sites (tertiary alicyclic amines) is 1. The molecule has 1 aliphatic rings. The predicted octanol–water partition coefficient (Wildman–Crippen LogP) is 3.17. The van der Waals surface area contributed by atoms with Crippen LogP contribution in [0.2, 0.25) is 0 Å². The van der Waals surface area contributed by atoms with Gasteiger partial charge < -0.3 is 9.88 Å². The predicted molar refractivity (Wildman–Crippen MR) is 120 cm³/mol. The second-order valence-electron chi connectivity index (χ2n) is 8.57. The lowest BCUT2D eigenvalue weighted by Gasteiger charge is -2.32. The summed E-state index contributed by atoms with van der Waals surface area (Å²) in [4.78, 5) is 34.5. The fourth-order valence-electron chi connectivity index (χ4n) is 4.27. The standard InChI is InChI=1S/C24H22F2N6O2/c1-14-4-6-15(7-5-14)12-32-22-20(29-30-32)23(33)28-21(27-22)16-3-2-10-31(13-16)24(34)18-9-8-17(25)11-19(18)26/h4-9,11,16H,2-3,10,12-13H2,1H3,(H,27,28,33). The molecule has 1 amide bonds. The van der Waals surface area contributed by atoms with Crippen molar-refractivity contribution >= 4 is 17.1 Å². The average molecular weight is 464 g/mol. The van der Waals surface area contributed by atoms with Crippen LogP contribution in [0.1, 0.15) is 46.1 Å². The highest BCUT2D eigenvalue weighted by molar-refractivity contribution is 5.94. The van der Waals surface area contributed by atoms with Gasteiger partial charge in [0.15, 0.2) is 11.2 Å². The number of halogens is 2. The number of H-pyrrole nitrogens is 1. The Morgan fingerprint density at radius 3 is 2.74 bits per heavy atom. The van der Waals surface area contributed by atoms with Gasteiger partial charge in [-0.05, 0) is 37.5 Å². The Morgan fingerprint density at radius 2 is 1.97 bits per heavy atom. The highest BCUT2D eigenvalue weighted by atomic mass is 19.1. The SMILES string of the molecule is Cc1ccc(Cn2nnc3c(=O)[nH]c(C4CCCN(C(=O)c5ccc(F)cc5F)C4)nc32)cc1. The zero-order valence-corrected chi connectivity index (χ0v) is 18.5. The van der Waals surface area contributed by atoms with Crippen molar-refractivity contribution in [3.8, 4) is 0 Å². The molecule has 0 bridgehead atoms. The van der Waals surface area contributed by atoms with Crippen molar-refractivity contribution in [3.05, 3.63) is 87.0 Å². The quantitative estimate of drug-likeness (QED) is 0.501. The third kappa shape index (κ3) is 4.18. The number of fused-ring (bicyclic) bond motifs is 1. The lowest BCUT2D eigenvalue weighted by Crippen LogP contribution is -2.40. The number of hydrogen-bond donors (Lipinski definition) is 1. The van der Waals surface area contributed by atoms with Crippen molar-refractivity contribution in [3.63, 3.8) is 0 Å². The molecule has 1 aliphatic heterocycles. The summed E-state index contributed by atoms with van der Waals surface area (Å²) < 4.78 is 29.0. The van der Waals surface area contributed by atoms with Gasteiger partial charge in [-0.2, -0.15) is 0 Å². The van der Waals surface area contributed by atoms with E-state index < -0.39 is 23.1 Å². The molecule has 1 fully saturated rings. The van der Waals surface area contributed by atoms with Crippen LogP contribution < -0.4 is 5.56 Å². The largest absolute Gasteiger partial charge is 0.338 e. The van der Waals surface area contributed by atoms with E-state index in [0.29, 0.717) is 43.5 Å². The number of nitrogens with zero attached hydrogens (tertiary/aromatic N) is 5. The normalized spacial score (nSPS) is 16.2. The van der Waals surface area contributed by atoms with Gasteiger partial charge in [0.25, 0.3) is 11.5 Å². The number of amides is 1. The molecule has 3 heterocycles. The van der Waals surface area contributed by atoms with Crippen LogP contribution in [0.3, 0.4) is 0 Å². The minimum Gasteiger partial charge on any atom is -0.338 e. The average Bonchev–Trinajstić information content (AvgIpc) is 3.23. The molecule has 1 saturated heterocycles. The van der Waals surface area contributed by atoms with Crippen molar-refractivity contribution in [1.82, 2.24) is 29.9 Å². The first-order valence-electron chi connectivity index (χ1n) is 11.0. The molecule has 1 atom stereocenters. The number of carbonyl (C=O) groups excluding carboxylic acids is 1. The van der Waals surface area contributed by atoms with Crippen molar-refractivity contribution in [1.29, 1.82) is 0 Å². The number of carbonyl (C=O) groups is 1. The molecule has 0 aliphatic carbocycles. The molecule has 2 aromatic carbocycles. The highest BCUT2D eigenvalue weighted by Crippen LogP contribution is 2.26. The third-order valence-electron chi connectivity index (χ3n) is 6.10. The number of piperidine rings is 1. The summed E-state index contributed by atoms with van der Waals surface area (Å²) in [7, 11) is 0.